The molecule has 216 valence electrons. The van der Waals surface area contributed by atoms with Crippen LogP contribution in [0.15, 0.2) is 47.2 Å². The summed E-state index contributed by atoms with van der Waals surface area (Å²) in [6.45, 7) is 4.69. The third kappa shape index (κ3) is 11.0. The Morgan fingerprint density at radius 3 is 2.42 bits per heavy atom. The predicted octanol–water partition coefficient (Wildman–Crippen LogP) is -3.02. The Kier molecular flexibility index (Phi) is 19.4. The van der Waals surface area contributed by atoms with Crippen LogP contribution in [0.25, 0.3) is 16.7 Å². The minimum Gasteiger partial charge on any atom is -1.00 e. The zero-order valence-electron chi connectivity index (χ0n) is 25.8. The fraction of sp³-hybridized carbons (Fsp3) is 0.269. The van der Waals surface area contributed by atoms with Crippen LogP contribution in [0.2, 0.25) is 5.15 Å². The van der Waals surface area contributed by atoms with Crippen LogP contribution in [0.4, 0.5) is 5.69 Å². The molecular formula is C26H29ClK2N9O5+. The molecule has 4 aromatic heterocycles. The number of methoxy groups -OCH3 is 2. The predicted molar refractivity (Wildman–Crippen MR) is 153 cm³/mol. The molecular weight excluding hydrogens is 632 g/mol. The smallest absolute Gasteiger partial charge is 1.00 e. The van der Waals surface area contributed by atoms with Gasteiger partial charge in [0.1, 0.15) is 30.3 Å². The van der Waals surface area contributed by atoms with Gasteiger partial charge in [-0.25, -0.2) is 24.6 Å². The first kappa shape index (κ1) is 39.4. The number of aromatic nitrogens is 6. The number of nitrogens with one attached hydrogen (secondary N) is 2. The minimum atomic E-state index is -0.181. The quantitative estimate of drug-likeness (QED) is 0.0541. The van der Waals surface area contributed by atoms with Gasteiger partial charge in [-0.1, -0.05) is 13.8 Å². The number of pyridine rings is 2. The average molecular weight is 661 g/mol. The first-order chi connectivity index (χ1) is 20.0. The van der Waals surface area contributed by atoms with Crippen molar-refractivity contribution in [2.75, 3.05) is 26.1 Å². The van der Waals surface area contributed by atoms with E-state index in [0.29, 0.717) is 10.9 Å². The van der Waals surface area contributed by atoms with Crippen LogP contribution in [0.1, 0.15) is 33.1 Å². The summed E-state index contributed by atoms with van der Waals surface area (Å²) in [6.07, 6.45) is 15.1. The third-order valence-electron chi connectivity index (χ3n) is 5.43. The second-order valence-electron chi connectivity index (χ2n) is 7.79. The number of fused-ring (bicyclic) bond motifs is 2. The number of amidine groups is 1. The Bertz CT molecular complexity index is 1550. The van der Waals surface area contributed by atoms with Crippen LogP contribution in [0.5, 0.6) is 11.5 Å². The first-order valence-electron chi connectivity index (χ1n) is 12.3. The molecule has 0 saturated heterocycles. The summed E-state index contributed by atoms with van der Waals surface area (Å²) in [7, 11) is 3.22. The topological polar surface area (TPSA) is 177 Å². The molecule has 17 heteroatoms. The number of hydrogen-bond donors (Lipinski definition) is 2. The van der Waals surface area contributed by atoms with Gasteiger partial charge < -0.3 is 26.0 Å². The number of halogens is 1. The van der Waals surface area contributed by atoms with E-state index in [0.717, 1.165) is 64.8 Å². The van der Waals surface area contributed by atoms with Gasteiger partial charge in [0.05, 0.1) is 38.6 Å². The maximum absolute atomic E-state index is 8.64. The maximum Gasteiger partial charge on any atom is 1.00 e. The van der Waals surface area contributed by atoms with E-state index in [1.807, 2.05) is 25.4 Å². The molecule has 0 amide bonds. The first-order valence-corrected chi connectivity index (χ1v) is 12.6. The summed E-state index contributed by atoms with van der Waals surface area (Å²) >= 11 is 5.81. The summed E-state index contributed by atoms with van der Waals surface area (Å²) in [4.78, 5) is 35.0. The van der Waals surface area contributed by atoms with Gasteiger partial charge in [-0.3, -0.25) is 15.1 Å². The van der Waals surface area contributed by atoms with Gasteiger partial charge in [0, 0.05) is 30.6 Å². The number of nitrogens with zero attached hydrogens (tertiary/aromatic N) is 7. The molecule has 2 aliphatic rings. The Morgan fingerprint density at radius 1 is 1.14 bits per heavy atom. The van der Waals surface area contributed by atoms with Crippen molar-refractivity contribution in [1.29, 1.82) is 0 Å². The van der Waals surface area contributed by atoms with Crippen LogP contribution in [0, 0.1) is 6.08 Å². The Morgan fingerprint density at radius 2 is 1.86 bits per heavy atom. The molecule has 4 aromatic rings. The van der Waals surface area contributed by atoms with Crippen molar-refractivity contribution in [1.82, 2.24) is 29.7 Å². The van der Waals surface area contributed by atoms with Crippen molar-refractivity contribution in [3.05, 3.63) is 59.8 Å². The van der Waals surface area contributed by atoms with Gasteiger partial charge in [-0.15, -0.1) is 5.10 Å². The molecule has 0 bridgehead atoms. The SMILES string of the molecule is CCC1=NCC=N1.CCc1ncn(-c2ncc(OC)c3cc[nH]c23)n1.COc1cnc(Cl)c2c1[C+]=CN2.O=CO[O-].[H-].[K+].[K+]. The number of ether oxygens (including phenoxy) is 2. The van der Waals surface area contributed by atoms with E-state index >= 15 is 0 Å². The minimum absolute atomic E-state index is 0. The van der Waals surface area contributed by atoms with Crippen LogP contribution in [-0.4, -0.2) is 69.0 Å². The Balaban J connectivity index is 0.000000619. The van der Waals surface area contributed by atoms with Crippen molar-refractivity contribution in [3.63, 3.8) is 0 Å². The van der Waals surface area contributed by atoms with E-state index in [4.69, 9.17) is 31.1 Å². The molecule has 0 aliphatic carbocycles. The van der Waals surface area contributed by atoms with Crippen molar-refractivity contribution in [2.45, 2.75) is 26.7 Å². The van der Waals surface area contributed by atoms with Gasteiger partial charge in [0.2, 0.25) is 10.8 Å². The van der Waals surface area contributed by atoms with Crippen LogP contribution < -0.4 is 123 Å². The molecule has 0 unspecified atom stereocenters. The second kappa shape index (κ2) is 21.2. The second-order valence-corrected chi connectivity index (χ2v) is 8.15. The number of aromatic amines is 1. The number of aliphatic imine (C=N–C) groups is 2. The van der Waals surface area contributed by atoms with E-state index in [2.05, 4.69) is 58.2 Å². The molecule has 0 spiro atoms. The van der Waals surface area contributed by atoms with E-state index < -0.39 is 0 Å². The number of carbonyl (C=O) groups is 1. The molecule has 0 aromatic carbocycles. The fourth-order valence-corrected chi connectivity index (χ4v) is 3.73. The molecule has 6 heterocycles. The number of hydrogen-bond acceptors (Lipinski definition) is 12. The summed E-state index contributed by atoms with van der Waals surface area (Å²) in [6, 6.07) is 1.96. The summed E-state index contributed by atoms with van der Waals surface area (Å²) in [5.41, 5.74) is 2.48. The molecule has 14 nitrogen and oxygen atoms in total. The zero-order valence-corrected chi connectivity index (χ0v) is 31.8. The van der Waals surface area contributed by atoms with Gasteiger partial charge in [-0.05, 0) is 17.7 Å². The molecule has 0 fully saturated rings. The molecule has 43 heavy (non-hydrogen) atoms. The Hall–Kier alpha value is -1.64. The summed E-state index contributed by atoms with van der Waals surface area (Å²) < 4.78 is 12.0. The van der Waals surface area contributed by atoms with Gasteiger partial charge in [0.15, 0.2) is 11.6 Å². The average Bonchev–Trinajstić information content (AvgIpc) is 3.84. The molecule has 0 saturated carbocycles. The fourth-order valence-electron chi connectivity index (χ4n) is 3.53. The number of H-pyrrole nitrogens is 1. The molecule has 2 N–H and O–H groups in total. The van der Waals surface area contributed by atoms with Gasteiger partial charge >= 0.3 is 103 Å². The van der Waals surface area contributed by atoms with Crippen LogP contribution in [-0.2, 0) is 16.1 Å². The Labute approximate surface area is 340 Å². The van der Waals surface area contributed by atoms with E-state index in [1.165, 1.54) is 0 Å². The van der Waals surface area contributed by atoms with Crippen LogP contribution >= 0.6 is 11.6 Å². The van der Waals surface area contributed by atoms with Crippen molar-refractivity contribution >= 4 is 46.7 Å². The number of carbonyl (C=O) groups excluding carboxylic acids is 1. The number of rotatable bonds is 6. The normalized spacial score (nSPS) is 11.3. The van der Waals surface area contributed by atoms with Crippen LogP contribution in [0.3, 0.4) is 0 Å². The van der Waals surface area contributed by atoms with Gasteiger partial charge in [-0.2, -0.15) is 0 Å². The molecule has 0 atom stereocenters. The van der Waals surface area contributed by atoms with Gasteiger partial charge in [0.25, 0.3) is 17.8 Å². The number of aryl methyl sites for hydroxylation is 1. The summed E-state index contributed by atoms with van der Waals surface area (Å²) in [5.74, 6) is 3.93. The molecule has 2 aliphatic heterocycles. The molecule has 0 radical (unpaired) electrons. The molecule has 6 rings (SSSR count). The largest absolute Gasteiger partial charge is 1.00 e. The third-order valence-corrected chi connectivity index (χ3v) is 5.72. The van der Waals surface area contributed by atoms with E-state index in [1.54, 1.807) is 43.8 Å². The maximum atomic E-state index is 8.64. The van der Waals surface area contributed by atoms with E-state index in [-0.39, 0.29) is 111 Å². The number of anilines is 1. The van der Waals surface area contributed by atoms with E-state index in [9.17, 15) is 0 Å². The van der Waals surface area contributed by atoms with Crippen molar-refractivity contribution in [2.24, 2.45) is 9.98 Å². The van der Waals surface area contributed by atoms with Crippen molar-refractivity contribution < 1.29 is 129 Å². The van der Waals surface area contributed by atoms with Crippen molar-refractivity contribution in [3.8, 4) is 17.3 Å². The monoisotopic (exact) mass is 660 g/mol. The standard InChI is InChI=1S/C12H13N5O.C8H6ClN2O.C5H8N2.CH2O3.2K.H/c1-3-10-15-7-17(16-10)12-11-8(4-5-13-11)9(18-2)6-14-12;1-12-6-4-11-8(9)7-5(6)2-3-10-7;1-2-5-6-3-4-7-5;2-1-4-3;;;/h4-7,13H,3H2,1-2H3;3-4,10H,1H3;3H,2,4H2,1H3;1,3H;;;/q;+1;;;2*+1;-1/p-1. The zero-order chi connectivity index (χ0) is 29.6. The summed E-state index contributed by atoms with van der Waals surface area (Å²) in [5, 5.41) is 17.1.